The van der Waals surface area contributed by atoms with Gasteiger partial charge in [-0.05, 0) is 65.3 Å². The van der Waals surface area contributed by atoms with E-state index in [4.69, 9.17) is 4.74 Å². The zero-order valence-electron chi connectivity index (χ0n) is 13.2. The summed E-state index contributed by atoms with van der Waals surface area (Å²) in [5.41, 5.74) is -0.420. The first-order chi connectivity index (χ1) is 10.0. The number of piperidine rings is 1. The van der Waals surface area contributed by atoms with Gasteiger partial charge in [0.25, 0.3) is 0 Å². The molecule has 21 heavy (non-hydrogen) atoms. The van der Waals surface area contributed by atoms with Crippen molar-refractivity contribution in [3.63, 3.8) is 0 Å². The number of carbonyl (C=O) groups is 2. The number of hydrogen-bond donors (Lipinski definition) is 2. The summed E-state index contributed by atoms with van der Waals surface area (Å²) >= 11 is 0. The van der Waals surface area contributed by atoms with Gasteiger partial charge in [0.2, 0.25) is 5.91 Å². The third-order valence-corrected chi connectivity index (χ3v) is 4.80. The monoisotopic (exact) mass is 296 g/mol. The van der Waals surface area contributed by atoms with E-state index in [0.717, 1.165) is 51.5 Å². The summed E-state index contributed by atoms with van der Waals surface area (Å²) in [4.78, 5) is 24.1. The third-order valence-electron chi connectivity index (χ3n) is 4.80. The second kappa shape index (κ2) is 7.25. The molecule has 5 nitrogen and oxygen atoms in total. The lowest BCUT2D eigenvalue weighted by Crippen LogP contribution is -2.58. The molecular weight excluding hydrogens is 268 g/mol. The molecule has 0 radical (unpaired) electrons. The Morgan fingerprint density at radius 2 is 1.95 bits per heavy atom. The Balaban J connectivity index is 1.78. The molecule has 1 saturated carbocycles. The third kappa shape index (κ3) is 4.19. The maximum absolute atomic E-state index is 12.4. The predicted molar refractivity (Wildman–Crippen MR) is 80.8 cm³/mol. The highest BCUT2D eigenvalue weighted by Gasteiger charge is 2.36. The molecule has 0 aromatic rings. The number of hydrogen-bond acceptors (Lipinski definition) is 4. The molecule has 2 N–H and O–H groups in total. The Morgan fingerprint density at radius 1 is 1.24 bits per heavy atom. The lowest BCUT2D eigenvalue weighted by Gasteiger charge is -2.36. The van der Waals surface area contributed by atoms with E-state index in [-0.39, 0.29) is 23.8 Å². The molecule has 1 amide bonds. The first kappa shape index (κ1) is 16.3. The van der Waals surface area contributed by atoms with E-state index in [1.165, 1.54) is 0 Å². The predicted octanol–water partition coefficient (Wildman–Crippen LogP) is 1.76. The zero-order valence-corrected chi connectivity index (χ0v) is 13.2. The van der Waals surface area contributed by atoms with E-state index in [1.807, 2.05) is 13.8 Å². The molecule has 0 aromatic carbocycles. The molecule has 120 valence electrons. The number of carbonyl (C=O) groups excluding carboxylic acids is 2. The molecule has 2 aliphatic rings. The summed E-state index contributed by atoms with van der Waals surface area (Å²) in [5, 5.41) is 6.51. The van der Waals surface area contributed by atoms with Crippen LogP contribution in [0, 0.1) is 5.92 Å². The lowest BCUT2D eigenvalue weighted by atomic mass is 9.84. The van der Waals surface area contributed by atoms with Crippen LogP contribution in [0.15, 0.2) is 0 Å². The minimum Gasteiger partial charge on any atom is -0.466 e. The Morgan fingerprint density at radius 3 is 2.52 bits per heavy atom. The summed E-state index contributed by atoms with van der Waals surface area (Å²) in [6.07, 6.45) is 6.51. The summed E-state index contributed by atoms with van der Waals surface area (Å²) < 4.78 is 5.07. The smallest absolute Gasteiger partial charge is 0.308 e. The molecule has 1 unspecified atom stereocenters. The van der Waals surface area contributed by atoms with E-state index >= 15 is 0 Å². The quantitative estimate of drug-likeness (QED) is 0.776. The van der Waals surface area contributed by atoms with Gasteiger partial charge in [-0.25, -0.2) is 0 Å². The first-order valence-corrected chi connectivity index (χ1v) is 8.28. The fourth-order valence-corrected chi connectivity index (χ4v) is 3.33. The fourth-order valence-electron chi connectivity index (χ4n) is 3.33. The average Bonchev–Trinajstić information content (AvgIpc) is 2.49. The second-order valence-corrected chi connectivity index (χ2v) is 6.49. The van der Waals surface area contributed by atoms with Gasteiger partial charge in [0.15, 0.2) is 0 Å². The van der Waals surface area contributed by atoms with Crippen LogP contribution < -0.4 is 10.6 Å². The van der Waals surface area contributed by atoms with Crippen molar-refractivity contribution in [3.05, 3.63) is 0 Å². The van der Waals surface area contributed by atoms with E-state index < -0.39 is 5.54 Å². The van der Waals surface area contributed by atoms with Crippen molar-refractivity contribution in [2.75, 3.05) is 13.2 Å². The van der Waals surface area contributed by atoms with Crippen molar-refractivity contribution in [1.82, 2.24) is 10.6 Å². The summed E-state index contributed by atoms with van der Waals surface area (Å²) in [6, 6.07) is 0.198. The van der Waals surface area contributed by atoms with E-state index in [2.05, 4.69) is 10.6 Å². The van der Waals surface area contributed by atoms with Crippen molar-refractivity contribution in [1.29, 1.82) is 0 Å². The van der Waals surface area contributed by atoms with Crippen LogP contribution in [0.1, 0.15) is 58.8 Å². The molecule has 0 bridgehead atoms. The van der Waals surface area contributed by atoms with Gasteiger partial charge in [-0.2, -0.15) is 0 Å². The molecule has 1 aliphatic heterocycles. The Hall–Kier alpha value is -1.10. The number of ether oxygens (including phenoxy) is 1. The zero-order chi connectivity index (χ0) is 15.3. The summed E-state index contributed by atoms with van der Waals surface area (Å²) in [7, 11) is 0. The van der Waals surface area contributed by atoms with Crippen molar-refractivity contribution >= 4 is 11.9 Å². The van der Waals surface area contributed by atoms with Gasteiger partial charge in [-0.15, -0.1) is 0 Å². The van der Waals surface area contributed by atoms with Crippen LogP contribution in [-0.2, 0) is 14.3 Å². The molecule has 0 spiro atoms. The maximum atomic E-state index is 12.4. The lowest BCUT2D eigenvalue weighted by molar-refractivity contribution is -0.149. The number of nitrogens with one attached hydrogen (secondary N) is 2. The van der Waals surface area contributed by atoms with Crippen LogP contribution in [-0.4, -0.2) is 36.6 Å². The molecule has 1 heterocycles. The summed E-state index contributed by atoms with van der Waals surface area (Å²) in [5.74, 6) is 0.0477. The molecule has 2 fully saturated rings. The van der Waals surface area contributed by atoms with Crippen LogP contribution >= 0.6 is 0 Å². The molecule has 1 aliphatic carbocycles. The van der Waals surface area contributed by atoms with Crippen LogP contribution in [0.5, 0.6) is 0 Å². The average molecular weight is 296 g/mol. The van der Waals surface area contributed by atoms with E-state index in [0.29, 0.717) is 6.61 Å². The molecule has 0 aromatic heterocycles. The fraction of sp³-hybridized carbons (Fsp3) is 0.875. The number of amides is 1. The normalized spacial score (nSPS) is 33.2. The van der Waals surface area contributed by atoms with Crippen molar-refractivity contribution in [3.8, 4) is 0 Å². The molecule has 1 atom stereocenters. The van der Waals surface area contributed by atoms with E-state index in [9.17, 15) is 9.59 Å². The summed E-state index contributed by atoms with van der Waals surface area (Å²) in [6.45, 7) is 5.19. The minimum atomic E-state index is -0.420. The number of rotatable bonds is 4. The molecule has 2 rings (SSSR count). The minimum absolute atomic E-state index is 0.0153. The van der Waals surface area contributed by atoms with Crippen molar-refractivity contribution in [2.24, 2.45) is 5.92 Å². The highest BCUT2D eigenvalue weighted by molar-refractivity contribution is 5.86. The first-order valence-electron chi connectivity index (χ1n) is 8.28. The maximum Gasteiger partial charge on any atom is 0.308 e. The molecular formula is C16H28N2O3. The largest absolute Gasteiger partial charge is 0.466 e. The van der Waals surface area contributed by atoms with Gasteiger partial charge in [0.05, 0.1) is 18.1 Å². The van der Waals surface area contributed by atoms with E-state index in [1.54, 1.807) is 0 Å². The number of esters is 1. The molecule has 1 saturated heterocycles. The Bertz CT molecular complexity index is 370. The van der Waals surface area contributed by atoms with Gasteiger partial charge in [-0.3, -0.25) is 9.59 Å². The highest BCUT2D eigenvalue weighted by atomic mass is 16.5. The van der Waals surface area contributed by atoms with Gasteiger partial charge >= 0.3 is 5.97 Å². The van der Waals surface area contributed by atoms with Gasteiger partial charge < -0.3 is 15.4 Å². The van der Waals surface area contributed by atoms with Crippen molar-refractivity contribution < 1.29 is 14.3 Å². The van der Waals surface area contributed by atoms with Crippen LogP contribution in [0.3, 0.4) is 0 Å². The Labute approximate surface area is 127 Å². The van der Waals surface area contributed by atoms with Gasteiger partial charge in [0.1, 0.15) is 0 Å². The van der Waals surface area contributed by atoms with Crippen molar-refractivity contribution in [2.45, 2.75) is 70.4 Å². The van der Waals surface area contributed by atoms with Crippen LogP contribution in [0.4, 0.5) is 0 Å². The second-order valence-electron chi connectivity index (χ2n) is 6.49. The topological polar surface area (TPSA) is 67.4 Å². The molecule has 5 heteroatoms. The Kier molecular flexibility index (Phi) is 5.62. The SMILES string of the molecule is CCOC(=O)C1CCC(NC(=O)C2(C)CCCCN2)CC1. The van der Waals surface area contributed by atoms with Crippen LogP contribution in [0.2, 0.25) is 0 Å². The van der Waals surface area contributed by atoms with Gasteiger partial charge in [0, 0.05) is 6.04 Å². The van der Waals surface area contributed by atoms with Gasteiger partial charge in [-0.1, -0.05) is 0 Å². The highest BCUT2D eigenvalue weighted by Crippen LogP contribution is 2.26. The van der Waals surface area contributed by atoms with Crippen LogP contribution in [0.25, 0.3) is 0 Å². The standard InChI is InChI=1S/C16H28N2O3/c1-3-21-14(19)12-6-8-13(9-7-12)18-15(20)16(2)10-4-5-11-17-16/h12-13,17H,3-11H2,1-2H3,(H,18,20).